The topological polar surface area (TPSA) is 100 Å². The summed E-state index contributed by atoms with van der Waals surface area (Å²) in [5.41, 5.74) is 7.63. The fraction of sp³-hybridized carbons (Fsp3) is 0.333. The first-order valence-corrected chi connectivity index (χ1v) is 6.89. The number of hydrogen-bond donors (Lipinski definition) is 4. The maximum atomic E-state index is 12.1. The molecule has 1 aromatic carbocycles. The minimum absolute atomic E-state index is 0.0411. The van der Waals surface area contributed by atoms with Crippen molar-refractivity contribution in [3.8, 4) is 0 Å². The lowest BCUT2D eigenvalue weighted by molar-refractivity contribution is -0.120. The van der Waals surface area contributed by atoms with E-state index in [0.29, 0.717) is 23.7 Å². The molecule has 0 saturated carbocycles. The summed E-state index contributed by atoms with van der Waals surface area (Å²) in [6, 6.07) is 5.32. The summed E-state index contributed by atoms with van der Waals surface area (Å²) in [5, 5.41) is 6.10. The lowest BCUT2D eigenvalue weighted by atomic mass is 10.1. The second kappa shape index (κ2) is 6.30. The first-order chi connectivity index (χ1) is 9.97. The standard InChI is InChI=1S/C15H20N4O2/c1-9(2)6-18-14(20)8-19-15(21)12-7-17-13-4-3-10(16)5-11(12)13/h3-5,7,9,17H,6,8,16H2,1-2H3,(H,18,20)(H,19,21). The molecule has 2 rings (SSSR count). The lowest BCUT2D eigenvalue weighted by Gasteiger charge is -2.08. The van der Waals surface area contributed by atoms with E-state index in [0.717, 1.165) is 10.9 Å². The molecule has 0 bridgehead atoms. The highest BCUT2D eigenvalue weighted by Gasteiger charge is 2.13. The molecule has 0 spiro atoms. The summed E-state index contributed by atoms with van der Waals surface area (Å²) in [6.45, 7) is 4.57. The van der Waals surface area contributed by atoms with Crippen LogP contribution in [0.25, 0.3) is 10.9 Å². The molecule has 21 heavy (non-hydrogen) atoms. The second-order valence-corrected chi connectivity index (χ2v) is 5.39. The van der Waals surface area contributed by atoms with Crippen molar-refractivity contribution in [2.24, 2.45) is 5.92 Å². The number of benzene rings is 1. The molecule has 0 saturated heterocycles. The Kier molecular flexibility index (Phi) is 4.47. The number of amides is 2. The Morgan fingerprint density at radius 1 is 1.29 bits per heavy atom. The number of nitrogen functional groups attached to an aromatic ring is 1. The van der Waals surface area contributed by atoms with Gasteiger partial charge in [0, 0.05) is 29.3 Å². The van der Waals surface area contributed by atoms with Crippen LogP contribution in [0.4, 0.5) is 5.69 Å². The molecular formula is C15H20N4O2. The van der Waals surface area contributed by atoms with Gasteiger partial charge in [0.05, 0.1) is 12.1 Å². The number of aromatic nitrogens is 1. The third-order valence-corrected chi connectivity index (χ3v) is 3.07. The van der Waals surface area contributed by atoms with Gasteiger partial charge in [-0.15, -0.1) is 0 Å². The highest BCUT2D eigenvalue weighted by molar-refractivity contribution is 6.08. The van der Waals surface area contributed by atoms with E-state index in [1.54, 1.807) is 18.3 Å². The summed E-state index contributed by atoms with van der Waals surface area (Å²) >= 11 is 0. The number of anilines is 1. The Labute approximate surface area is 123 Å². The van der Waals surface area contributed by atoms with Crippen molar-refractivity contribution in [1.29, 1.82) is 0 Å². The van der Waals surface area contributed by atoms with Crippen LogP contribution in [0.1, 0.15) is 24.2 Å². The number of H-pyrrole nitrogens is 1. The second-order valence-electron chi connectivity index (χ2n) is 5.39. The minimum Gasteiger partial charge on any atom is -0.399 e. The van der Waals surface area contributed by atoms with Crippen molar-refractivity contribution in [3.63, 3.8) is 0 Å². The van der Waals surface area contributed by atoms with E-state index in [2.05, 4.69) is 15.6 Å². The monoisotopic (exact) mass is 288 g/mol. The number of hydrogen-bond acceptors (Lipinski definition) is 3. The van der Waals surface area contributed by atoms with E-state index in [9.17, 15) is 9.59 Å². The fourth-order valence-corrected chi connectivity index (χ4v) is 1.96. The number of fused-ring (bicyclic) bond motifs is 1. The maximum Gasteiger partial charge on any atom is 0.253 e. The number of rotatable bonds is 5. The number of aromatic amines is 1. The highest BCUT2D eigenvalue weighted by atomic mass is 16.2. The summed E-state index contributed by atoms with van der Waals surface area (Å²) in [4.78, 5) is 26.7. The van der Waals surface area contributed by atoms with E-state index >= 15 is 0 Å². The third-order valence-electron chi connectivity index (χ3n) is 3.07. The highest BCUT2D eigenvalue weighted by Crippen LogP contribution is 2.20. The largest absolute Gasteiger partial charge is 0.399 e. The molecule has 2 amide bonds. The number of nitrogens with one attached hydrogen (secondary N) is 3. The van der Waals surface area contributed by atoms with E-state index < -0.39 is 0 Å². The van der Waals surface area contributed by atoms with Gasteiger partial charge in [-0.2, -0.15) is 0 Å². The van der Waals surface area contributed by atoms with Gasteiger partial charge in [-0.25, -0.2) is 0 Å². The van der Waals surface area contributed by atoms with Crippen LogP contribution in [0.15, 0.2) is 24.4 Å². The Morgan fingerprint density at radius 2 is 2.05 bits per heavy atom. The Morgan fingerprint density at radius 3 is 2.76 bits per heavy atom. The summed E-state index contributed by atoms with van der Waals surface area (Å²) in [7, 11) is 0. The molecule has 0 atom stereocenters. The molecule has 112 valence electrons. The molecule has 0 aliphatic rings. The first-order valence-electron chi connectivity index (χ1n) is 6.89. The lowest BCUT2D eigenvalue weighted by Crippen LogP contribution is -2.38. The smallest absolute Gasteiger partial charge is 0.253 e. The van der Waals surface area contributed by atoms with E-state index in [1.165, 1.54) is 0 Å². The van der Waals surface area contributed by atoms with Gasteiger partial charge in [-0.05, 0) is 24.1 Å². The minimum atomic E-state index is -0.299. The van der Waals surface area contributed by atoms with Gasteiger partial charge >= 0.3 is 0 Å². The van der Waals surface area contributed by atoms with Crippen LogP contribution in [-0.4, -0.2) is 29.9 Å². The molecule has 0 radical (unpaired) electrons. The van der Waals surface area contributed by atoms with Crippen molar-refractivity contribution in [1.82, 2.24) is 15.6 Å². The Balaban J connectivity index is 1.99. The first kappa shape index (κ1) is 14.9. The maximum absolute atomic E-state index is 12.1. The molecule has 1 aromatic heterocycles. The van der Waals surface area contributed by atoms with Crippen LogP contribution in [-0.2, 0) is 4.79 Å². The fourth-order valence-electron chi connectivity index (χ4n) is 1.96. The Hall–Kier alpha value is -2.50. The number of nitrogens with two attached hydrogens (primary N) is 1. The average Bonchev–Trinajstić information content (AvgIpc) is 2.85. The summed E-state index contributed by atoms with van der Waals surface area (Å²) < 4.78 is 0. The van der Waals surface area contributed by atoms with Crippen molar-refractivity contribution < 1.29 is 9.59 Å². The number of carbonyl (C=O) groups excluding carboxylic acids is 2. The van der Waals surface area contributed by atoms with Gasteiger partial charge in [0.2, 0.25) is 5.91 Å². The van der Waals surface area contributed by atoms with Crippen LogP contribution in [0, 0.1) is 5.92 Å². The van der Waals surface area contributed by atoms with Gasteiger partial charge in [-0.3, -0.25) is 9.59 Å². The zero-order valence-corrected chi connectivity index (χ0v) is 12.2. The van der Waals surface area contributed by atoms with Gasteiger partial charge in [0.1, 0.15) is 0 Å². The quantitative estimate of drug-likeness (QED) is 0.623. The van der Waals surface area contributed by atoms with Crippen molar-refractivity contribution in [3.05, 3.63) is 30.0 Å². The van der Waals surface area contributed by atoms with Crippen LogP contribution in [0.3, 0.4) is 0 Å². The molecule has 0 fully saturated rings. The van der Waals surface area contributed by atoms with Crippen LogP contribution < -0.4 is 16.4 Å². The predicted octanol–water partition coefficient (Wildman–Crippen LogP) is 1.25. The van der Waals surface area contributed by atoms with E-state index in [1.807, 2.05) is 19.9 Å². The predicted molar refractivity (Wildman–Crippen MR) is 82.9 cm³/mol. The molecular weight excluding hydrogens is 268 g/mol. The van der Waals surface area contributed by atoms with E-state index in [4.69, 9.17) is 5.73 Å². The molecule has 1 heterocycles. The van der Waals surface area contributed by atoms with Gasteiger partial charge in [-0.1, -0.05) is 13.8 Å². The summed E-state index contributed by atoms with van der Waals surface area (Å²) in [6.07, 6.45) is 1.62. The van der Waals surface area contributed by atoms with Gasteiger partial charge in [0.25, 0.3) is 5.91 Å². The normalized spacial score (nSPS) is 10.8. The van der Waals surface area contributed by atoms with Crippen LogP contribution >= 0.6 is 0 Å². The van der Waals surface area contributed by atoms with Gasteiger partial charge < -0.3 is 21.4 Å². The van der Waals surface area contributed by atoms with Crippen molar-refractivity contribution in [2.45, 2.75) is 13.8 Å². The zero-order valence-electron chi connectivity index (χ0n) is 12.2. The molecule has 0 unspecified atom stereocenters. The molecule has 2 aromatic rings. The molecule has 5 N–H and O–H groups in total. The molecule has 6 nitrogen and oxygen atoms in total. The third kappa shape index (κ3) is 3.75. The van der Waals surface area contributed by atoms with Gasteiger partial charge in [0.15, 0.2) is 0 Å². The average molecular weight is 288 g/mol. The van der Waals surface area contributed by atoms with Crippen molar-refractivity contribution >= 4 is 28.4 Å². The van der Waals surface area contributed by atoms with Crippen LogP contribution in [0.5, 0.6) is 0 Å². The Bertz CT molecular complexity index is 661. The molecule has 0 aliphatic heterocycles. The van der Waals surface area contributed by atoms with Crippen LogP contribution in [0.2, 0.25) is 0 Å². The number of carbonyl (C=O) groups is 2. The summed E-state index contributed by atoms with van der Waals surface area (Å²) in [5.74, 6) is -0.121. The molecule has 0 aliphatic carbocycles. The van der Waals surface area contributed by atoms with Crippen molar-refractivity contribution in [2.75, 3.05) is 18.8 Å². The zero-order chi connectivity index (χ0) is 15.4. The van der Waals surface area contributed by atoms with E-state index in [-0.39, 0.29) is 18.4 Å². The SMILES string of the molecule is CC(C)CNC(=O)CNC(=O)c1c[nH]c2ccc(N)cc12. The molecule has 6 heteroatoms.